The Morgan fingerprint density at radius 2 is 2.03 bits per heavy atom. The maximum atomic E-state index is 12.1. The SMILES string of the molecule is N#Cc1ccc(Cl)cc1NC(=O)C(=O)NCC1CCN(Cc2cccnc2)CC1. The van der Waals surface area contributed by atoms with E-state index in [4.69, 9.17) is 16.9 Å². The minimum atomic E-state index is -0.808. The van der Waals surface area contributed by atoms with Crippen molar-refractivity contribution < 1.29 is 9.59 Å². The highest BCUT2D eigenvalue weighted by Crippen LogP contribution is 2.21. The number of piperidine rings is 1. The van der Waals surface area contributed by atoms with Crippen LogP contribution in [0.15, 0.2) is 42.7 Å². The molecule has 1 fully saturated rings. The molecule has 1 saturated heterocycles. The van der Waals surface area contributed by atoms with Gasteiger partial charge in [-0.3, -0.25) is 19.5 Å². The Kier molecular flexibility index (Phi) is 7.17. The molecule has 2 heterocycles. The van der Waals surface area contributed by atoms with E-state index in [1.165, 1.54) is 17.7 Å². The monoisotopic (exact) mass is 411 g/mol. The van der Waals surface area contributed by atoms with Gasteiger partial charge in [-0.05, 0) is 61.7 Å². The van der Waals surface area contributed by atoms with Crippen LogP contribution in [0.3, 0.4) is 0 Å². The van der Waals surface area contributed by atoms with Crippen molar-refractivity contribution in [1.29, 1.82) is 5.26 Å². The van der Waals surface area contributed by atoms with Crippen molar-refractivity contribution in [2.75, 3.05) is 25.0 Å². The van der Waals surface area contributed by atoms with E-state index in [1.807, 2.05) is 18.3 Å². The van der Waals surface area contributed by atoms with Crippen LogP contribution in [0.5, 0.6) is 0 Å². The number of nitrogens with one attached hydrogen (secondary N) is 2. The van der Waals surface area contributed by atoms with E-state index in [2.05, 4.69) is 26.6 Å². The fourth-order valence-corrected chi connectivity index (χ4v) is 3.48. The lowest BCUT2D eigenvalue weighted by Crippen LogP contribution is -2.41. The van der Waals surface area contributed by atoms with Crippen LogP contribution in [0.25, 0.3) is 0 Å². The predicted octanol–water partition coefficient (Wildman–Crippen LogP) is 2.57. The van der Waals surface area contributed by atoms with Gasteiger partial charge in [0.1, 0.15) is 6.07 Å². The molecule has 0 radical (unpaired) electrons. The Morgan fingerprint density at radius 3 is 2.72 bits per heavy atom. The number of hydrogen-bond acceptors (Lipinski definition) is 5. The molecule has 0 unspecified atom stereocenters. The number of carbonyl (C=O) groups is 2. The number of benzene rings is 1. The van der Waals surface area contributed by atoms with Crippen molar-refractivity contribution in [3.05, 3.63) is 58.9 Å². The number of rotatable bonds is 5. The molecule has 150 valence electrons. The molecule has 8 heteroatoms. The molecule has 0 bridgehead atoms. The third-order valence-electron chi connectivity index (χ3n) is 4.94. The Hall–Kier alpha value is -2.95. The molecular formula is C21H22ClN5O2. The number of nitrogens with zero attached hydrogens (tertiary/aromatic N) is 3. The molecule has 1 aliphatic heterocycles. The second kappa shape index (κ2) is 10.0. The van der Waals surface area contributed by atoms with Crippen LogP contribution >= 0.6 is 11.6 Å². The number of hydrogen-bond donors (Lipinski definition) is 2. The molecule has 29 heavy (non-hydrogen) atoms. The first kappa shape index (κ1) is 20.8. The average Bonchev–Trinajstić information content (AvgIpc) is 2.74. The third-order valence-corrected chi connectivity index (χ3v) is 5.18. The number of aromatic nitrogens is 1. The first-order chi connectivity index (χ1) is 14.0. The van der Waals surface area contributed by atoms with E-state index in [0.29, 0.717) is 17.5 Å². The first-order valence-electron chi connectivity index (χ1n) is 9.45. The van der Waals surface area contributed by atoms with E-state index in [0.717, 1.165) is 32.5 Å². The second-order valence-corrected chi connectivity index (χ2v) is 7.48. The maximum Gasteiger partial charge on any atom is 0.313 e. The van der Waals surface area contributed by atoms with Crippen molar-refractivity contribution in [3.63, 3.8) is 0 Å². The van der Waals surface area contributed by atoms with Crippen LogP contribution in [0.1, 0.15) is 24.0 Å². The van der Waals surface area contributed by atoms with E-state index < -0.39 is 11.8 Å². The summed E-state index contributed by atoms with van der Waals surface area (Å²) in [7, 11) is 0. The number of amides is 2. The van der Waals surface area contributed by atoms with E-state index >= 15 is 0 Å². The van der Waals surface area contributed by atoms with Crippen LogP contribution in [-0.4, -0.2) is 41.3 Å². The number of carbonyl (C=O) groups excluding carboxylic acids is 2. The number of pyridine rings is 1. The Balaban J connectivity index is 1.42. The van der Waals surface area contributed by atoms with Gasteiger partial charge in [-0.2, -0.15) is 5.26 Å². The summed E-state index contributed by atoms with van der Waals surface area (Å²) < 4.78 is 0. The van der Waals surface area contributed by atoms with Crippen molar-refractivity contribution in [2.24, 2.45) is 5.92 Å². The molecular weight excluding hydrogens is 390 g/mol. The van der Waals surface area contributed by atoms with Gasteiger partial charge in [0.05, 0.1) is 11.3 Å². The largest absolute Gasteiger partial charge is 0.348 e. The molecule has 1 aromatic heterocycles. The minimum Gasteiger partial charge on any atom is -0.348 e. The molecule has 2 aromatic rings. The summed E-state index contributed by atoms with van der Waals surface area (Å²) in [6, 6.07) is 10.5. The summed E-state index contributed by atoms with van der Waals surface area (Å²) in [6.45, 7) is 3.20. The van der Waals surface area contributed by atoms with Crippen molar-refractivity contribution in [2.45, 2.75) is 19.4 Å². The van der Waals surface area contributed by atoms with Gasteiger partial charge in [0.15, 0.2) is 0 Å². The van der Waals surface area contributed by atoms with Gasteiger partial charge >= 0.3 is 11.8 Å². The van der Waals surface area contributed by atoms with Crippen molar-refractivity contribution in [3.8, 4) is 6.07 Å². The highest BCUT2D eigenvalue weighted by molar-refractivity contribution is 6.40. The first-order valence-corrected chi connectivity index (χ1v) is 9.83. The second-order valence-electron chi connectivity index (χ2n) is 7.05. The van der Waals surface area contributed by atoms with Gasteiger partial charge in [-0.15, -0.1) is 0 Å². The number of nitriles is 1. The topological polar surface area (TPSA) is 98.1 Å². The van der Waals surface area contributed by atoms with Crippen LogP contribution in [0.2, 0.25) is 5.02 Å². The smallest absolute Gasteiger partial charge is 0.313 e. The minimum absolute atomic E-state index is 0.226. The lowest BCUT2D eigenvalue weighted by molar-refractivity contribution is -0.136. The van der Waals surface area contributed by atoms with E-state index in [9.17, 15) is 9.59 Å². The molecule has 7 nitrogen and oxygen atoms in total. The summed E-state index contributed by atoms with van der Waals surface area (Å²) >= 11 is 5.89. The van der Waals surface area contributed by atoms with Gasteiger partial charge in [-0.1, -0.05) is 17.7 Å². The molecule has 0 saturated carbocycles. The van der Waals surface area contributed by atoms with Gasteiger partial charge in [0.2, 0.25) is 0 Å². The Bertz CT molecular complexity index is 905. The normalized spacial score (nSPS) is 14.8. The zero-order valence-electron chi connectivity index (χ0n) is 15.9. The van der Waals surface area contributed by atoms with Gasteiger partial charge < -0.3 is 10.6 Å². The zero-order valence-corrected chi connectivity index (χ0v) is 16.7. The lowest BCUT2D eigenvalue weighted by Gasteiger charge is -2.31. The van der Waals surface area contributed by atoms with Crippen molar-refractivity contribution in [1.82, 2.24) is 15.2 Å². The summed E-state index contributed by atoms with van der Waals surface area (Å²) in [5, 5.41) is 14.6. The molecule has 3 rings (SSSR count). The highest BCUT2D eigenvalue weighted by Gasteiger charge is 2.22. The van der Waals surface area contributed by atoms with E-state index in [1.54, 1.807) is 12.3 Å². The van der Waals surface area contributed by atoms with Crippen LogP contribution < -0.4 is 10.6 Å². The summed E-state index contributed by atoms with van der Waals surface area (Å²) in [6.07, 6.45) is 5.55. The summed E-state index contributed by atoms with van der Waals surface area (Å²) in [4.78, 5) is 30.8. The average molecular weight is 412 g/mol. The Morgan fingerprint density at radius 1 is 1.24 bits per heavy atom. The Labute approximate surface area is 174 Å². The fraction of sp³-hybridized carbons (Fsp3) is 0.333. The van der Waals surface area contributed by atoms with Crippen molar-refractivity contribution >= 4 is 29.1 Å². The summed E-state index contributed by atoms with van der Waals surface area (Å²) in [5.74, 6) is -1.19. The van der Waals surface area contributed by atoms with Crippen LogP contribution in [0, 0.1) is 17.2 Å². The lowest BCUT2D eigenvalue weighted by atomic mass is 9.96. The summed E-state index contributed by atoms with van der Waals surface area (Å²) in [5.41, 5.74) is 1.66. The molecule has 0 aliphatic carbocycles. The standard InChI is InChI=1S/C21H22ClN5O2/c22-18-4-3-17(11-23)19(10-18)26-21(29)20(28)25-13-15-5-8-27(9-6-15)14-16-2-1-7-24-12-16/h1-4,7,10,12,15H,5-6,8-9,13-14H2,(H,25,28)(H,26,29). The molecule has 1 aromatic carbocycles. The molecule has 1 aliphatic rings. The van der Waals surface area contributed by atoms with E-state index in [-0.39, 0.29) is 11.3 Å². The quantitative estimate of drug-likeness (QED) is 0.737. The number of halogens is 1. The molecule has 2 amide bonds. The molecule has 0 atom stereocenters. The maximum absolute atomic E-state index is 12.1. The highest BCUT2D eigenvalue weighted by atomic mass is 35.5. The fourth-order valence-electron chi connectivity index (χ4n) is 3.31. The van der Waals surface area contributed by atoms with Gasteiger partial charge in [0, 0.05) is 30.5 Å². The van der Waals surface area contributed by atoms with Crippen LogP contribution in [0.4, 0.5) is 5.69 Å². The number of likely N-dealkylation sites (tertiary alicyclic amines) is 1. The van der Waals surface area contributed by atoms with Gasteiger partial charge in [-0.25, -0.2) is 0 Å². The number of anilines is 1. The third kappa shape index (κ3) is 6.01. The zero-order chi connectivity index (χ0) is 20.6. The van der Waals surface area contributed by atoms with Crippen LogP contribution in [-0.2, 0) is 16.1 Å². The van der Waals surface area contributed by atoms with Gasteiger partial charge in [0.25, 0.3) is 0 Å². The predicted molar refractivity (Wildman–Crippen MR) is 110 cm³/mol. The molecule has 2 N–H and O–H groups in total. The molecule has 0 spiro atoms.